The second-order valence-electron chi connectivity index (χ2n) is 7.89. The van der Waals surface area contributed by atoms with Crippen LogP contribution >= 0.6 is 0 Å². The summed E-state index contributed by atoms with van der Waals surface area (Å²) in [6.45, 7) is 11.9. The summed E-state index contributed by atoms with van der Waals surface area (Å²) in [5.74, 6) is -0.652. The Morgan fingerprint density at radius 2 is 1.50 bits per heavy atom. The Morgan fingerprint density at radius 1 is 1.05 bits per heavy atom. The average molecular weight is 290 g/mol. The van der Waals surface area contributed by atoms with Crippen LogP contribution in [0, 0.1) is 16.2 Å². The van der Waals surface area contributed by atoms with Crippen molar-refractivity contribution in [1.29, 1.82) is 0 Å². The smallest absolute Gasteiger partial charge is 0.316 e. The third-order valence-corrected chi connectivity index (χ3v) is 3.49. The van der Waals surface area contributed by atoms with Crippen molar-refractivity contribution in [3.05, 3.63) is 0 Å². The van der Waals surface area contributed by atoms with E-state index < -0.39 is 34.6 Å². The van der Waals surface area contributed by atoms with E-state index in [0.717, 1.165) is 0 Å². The standard InChI is InChI=1S/C15H30O5/c1-13(2,3)11(18)20-12(19)15(6,7)10(17)8-14(4,5)9-16/h10-11,16-18H,8-9H2,1-7H3. The van der Waals surface area contributed by atoms with Crippen LogP contribution in [-0.4, -0.2) is 40.3 Å². The first kappa shape index (κ1) is 19.4. The Kier molecular flexibility index (Phi) is 6.20. The molecule has 3 N–H and O–H groups in total. The summed E-state index contributed by atoms with van der Waals surface area (Å²) in [7, 11) is 0. The predicted molar refractivity (Wildman–Crippen MR) is 76.8 cm³/mol. The summed E-state index contributed by atoms with van der Waals surface area (Å²) < 4.78 is 5.04. The molecule has 0 heterocycles. The number of carbonyl (C=O) groups excluding carboxylic acids is 1. The van der Waals surface area contributed by atoms with E-state index in [0.29, 0.717) is 0 Å². The van der Waals surface area contributed by atoms with Crippen molar-refractivity contribution in [3.63, 3.8) is 0 Å². The Hall–Kier alpha value is -0.650. The molecule has 2 atom stereocenters. The maximum absolute atomic E-state index is 12.1. The first-order valence-corrected chi connectivity index (χ1v) is 6.92. The van der Waals surface area contributed by atoms with E-state index in [1.54, 1.807) is 34.6 Å². The number of aliphatic hydroxyl groups is 3. The number of esters is 1. The highest BCUT2D eigenvalue weighted by Gasteiger charge is 2.42. The molecule has 0 aromatic heterocycles. The van der Waals surface area contributed by atoms with Gasteiger partial charge in [0.15, 0.2) is 0 Å². The number of hydrogen-bond acceptors (Lipinski definition) is 5. The lowest BCUT2D eigenvalue weighted by Gasteiger charge is -2.35. The zero-order valence-corrected chi connectivity index (χ0v) is 13.7. The minimum absolute atomic E-state index is 0.0835. The van der Waals surface area contributed by atoms with Gasteiger partial charge in [-0.15, -0.1) is 0 Å². The molecule has 0 aliphatic heterocycles. The molecule has 0 saturated carbocycles. The van der Waals surface area contributed by atoms with Gasteiger partial charge in [-0.2, -0.15) is 0 Å². The van der Waals surface area contributed by atoms with Crippen LogP contribution in [0.2, 0.25) is 0 Å². The lowest BCUT2D eigenvalue weighted by Crippen LogP contribution is -2.44. The van der Waals surface area contributed by atoms with E-state index in [-0.39, 0.29) is 13.0 Å². The lowest BCUT2D eigenvalue weighted by atomic mass is 9.77. The lowest BCUT2D eigenvalue weighted by molar-refractivity contribution is -0.202. The van der Waals surface area contributed by atoms with Crippen LogP contribution in [0.15, 0.2) is 0 Å². The van der Waals surface area contributed by atoms with Gasteiger partial charge in [0.1, 0.15) is 0 Å². The summed E-state index contributed by atoms with van der Waals surface area (Å²) in [4.78, 5) is 12.1. The molecule has 0 spiro atoms. The zero-order valence-electron chi connectivity index (χ0n) is 13.7. The second-order valence-corrected chi connectivity index (χ2v) is 7.89. The van der Waals surface area contributed by atoms with Gasteiger partial charge in [0.2, 0.25) is 6.29 Å². The fourth-order valence-electron chi connectivity index (χ4n) is 1.41. The number of hydrogen-bond donors (Lipinski definition) is 3. The predicted octanol–water partition coefficient (Wildman–Crippen LogP) is 1.69. The zero-order chi connectivity index (χ0) is 16.4. The first-order valence-electron chi connectivity index (χ1n) is 6.92. The highest BCUT2D eigenvalue weighted by molar-refractivity contribution is 5.76. The number of rotatable bonds is 6. The summed E-state index contributed by atoms with van der Waals surface area (Å²) in [6, 6.07) is 0. The summed E-state index contributed by atoms with van der Waals surface area (Å²) in [5, 5.41) is 29.3. The number of carbonyl (C=O) groups is 1. The van der Waals surface area contributed by atoms with Gasteiger partial charge in [0.05, 0.1) is 11.5 Å². The average Bonchev–Trinajstić information content (AvgIpc) is 2.26. The van der Waals surface area contributed by atoms with Crippen molar-refractivity contribution >= 4 is 5.97 Å². The Morgan fingerprint density at radius 3 is 1.85 bits per heavy atom. The van der Waals surface area contributed by atoms with Crippen molar-refractivity contribution < 1.29 is 24.9 Å². The molecule has 20 heavy (non-hydrogen) atoms. The van der Waals surface area contributed by atoms with Gasteiger partial charge in [-0.3, -0.25) is 4.79 Å². The van der Waals surface area contributed by atoms with Crippen LogP contribution in [-0.2, 0) is 9.53 Å². The Balaban J connectivity index is 4.82. The quantitative estimate of drug-likeness (QED) is 0.512. The fraction of sp³-hybridized carbons (Fsp3) is 0.933. The molecule has 0 bridgehead atoms. The molecule has 2 unspecified atom stereocenters. The summed E-state index contributed by atoms with van der Waals surface area (Å²) in [5.41, 5.74) is -2.22. The van der Waals surface area contributed by atoms with Crippen LogP contribution in [0.5, 0.6) is 0 Å². The molecule has 0 saturated heterocycles. The number of ether oxygens (including phenoxy) is 1. The molecular weight excluding hydrogens is 260 g/mol. The van der Waals surface area contributed by atoms with Gasteiger partial charge in [-0.25, -0.2) is 0 Å². The van der Waals surface area contributed by atoms with Crippen LogP contribution in [0.3, 0.4) is 0 Å². The Labute approximate surface area is 122 Å². The summed E-state index contributed by atoms with van der Waals surface area (Å²) >= 11 is 0. The molecule has 5 nitrogen and oxygen atoms in total. The van der Waals surface area contributed by atoms with Crippen LogP contribution < -0.4 is 0 Å². The van der Waals surface area contributed by atoms with Crippen molar-refractivity contribution in [3.8, 4) is 0 Å². The van der Waals surface area contributed by atoms with Crippen molar-refractivity contribution in [2.24, 2.45) is 16.2 Å². The van der Waals surface area contributed by atoms with E-state index in [1.165, 1.54) is 0 Å². The fourth-order valence-corrected chi connectivity index (χ4v) is 1.41. The third-order valence-electron chi connectivity index (χ3n) is 3.49. The molecule has 0 rings (SSSR count). The normalized spacial score (nSPS) is 16.7. The van der Waals surface area contributed by atoms with Crippen molar-refractivity contribution in [2.75, 3.05) is 6.61 Å². The minimum atomic E-state index is -1.23. The van der Waals surface area contributed by atoms with Crippen LogP contribution in [0.4, 0.5) is 0 Å². The van der Waals surface area contributed by atoms with Gasteiger partial charge >= 0.3 is 5.97 Å². The van der Waals surface area contributed by atoms with Crippen LogP contribution in [0.1, 0.15) is 54.9 Å². The maximum atomic E-state index is 12.1. The second kappa shape index (κ2) is 6.41. The first-order chi connectivity index (χ1) is 8.74. The maximum Gasteiger partial charge on any atom is 0.316 e. The molecule has 0 aliphatic carbocycles. The molecular formula is C15H30O5. The summed E-state index contributed by atoms with van der Waals surface area (Å²) in [6.07, 6.45) is -1.94. The van der Waals surface area contributed by atoms with Crippen LogP contribution in [0.25, 0.3) is 0 Å². The molecule has 0 aliphatic rings. The topological polar surface area (TPSA) is 87.0 Å². The van der Waals surface area contributed by atoms with E-state index in [2.05, 4.69) is 0 Å². The molecule has 120 valence electrons. The van der Waals surface area contributed by atoms with Gasteiger partial charge in [-0.1, -0.05) is 34.6 Å². The molecule has 0 radical (unpaired) electrons. The Bertz CT molecular complexity index is 328. The van der Waals surface area contributed by atoms with E-state index in [4.69, 9.17) is 4.74 Å². The molecule has 0 fully saturated rings. The molecule has 0 aromatic rings. The highest BCUT2D eigenvalue weighted by Crippen LogP contribution is 2.33. The largest absolute Gasteiger partial charge is 0.435 e. The van der Waals surface area contributed by atoms with Gasteiger partial charge in [0, 0.05) is 12.0 Å². The monoisotopic (exact) mass is 290 g/mol. The minimum Gasteiger partial charge on any atom is -0.435 e. The van der Waals surface area contributed by atoms with Crippen molar-refractivity contribution in [2.45, 2.75) is 67.3 Å². The van der Waals surface area contributed by atoms with E-state index >= 15 is 0 Å². The highest BCUT2D eigenvalue weighted by atomic mass is 16.6. The SMILES string of the molecule is CC(C)(CO)CC(O)C(C)(C)C(=O)OC(O)C(C)(C)C. The molecule has 0 amide bonds. The third kappa shape index (κ3) is 5.38. The molecule has 5 heteroatoms. The van der Waals surface area contributed by atoms with E-state index in [1.807, 2.05) is 13.8 Å². The molecule has 0 aromatic carbocycles. The number of aliphatic hydroxyl groups excluding tert-OH is 3. The van der Waals surface area contributed by atoms with E-state index in [9.17, 15) is 20.1 Å². The van der Waals surface area contributed by atoms with Gasteiger partial charge < -0.3 is 20.1 Å². The van der Waals surface area contributed by atoms with Gasteiger partial charge in [-0.05, 0) is 25.7 Å². The van der Waals surface area contributed by atoms with Crippen molar-refractivity contribution in [1.82, 2.24) is 0 Å². The van der Waals surface area contributed by atoms with Gasteiger partial charge in [0.25, 0.3) is 0 Å².